The number of nitrogens with zero attached hydrogens (tertiary/aromatic N) is 3. The number of halogens is 1. The lowest BCUT2D eigenvalue weighted by Gasteiger charge is -2.06. The highest BCUT2D eigenvalue weighted by molar-refractivity contribution is 6.28. The fourth-order valence-electron chi connectivity index (χ4n) is 2.40. The number of rotatable bonds is 3. The van der Waals surface area contributed by atoms with Crippen molar-refractivity contribution in [1.29, 1.82) is 0 Å². The van der Waals surface area contributed by atoms with Crippen LogP contribution in [-0.2, 0) is 0 Å². The van der Waals surface area contributed by atoms with E-state index in [-0.39, 0.29) is 16.9 Å². The highest BCUT2D eigenvalue weighted by Crippen LogP contribution is 2.23. The molecular weight excluding hydrogens is 342 g/mol. The van der Waals surface area contributed by atoms with Crippen molar-refractivity contribution >= 4 is 34.7 Å². The number of aromatic nitrogens is 3. The number of benzene rings is 1. The molecule has 0 atom stereocenters. The van der Waals surface area contributed by atoms with Crippen molar-refractivity contribution < 1.29 is 9.21 Å². The molecule has 0 bridgehead atoms. The van der Waals surface area contributed by atoms with E-state index in [0.717, 1.165) is 0 Å². The minimum absolute atomic E-state index is 0.241. The maximum atomic E-state index is 12.4. The normalized spacial score (nSPS) is 10.9. The van der Waals surface area contributed by atoms with Crippen LogP contribution in [0.3, 0.4) is 0 Å². The predicted octanol–water partition coefficient (Wildman–Crippen LogP) is 3.48. The Morgan fingerprint density at radius 3 is 2.68 bits per heavy atom. The summed E-state index contributed by atoms with van der Waals surface area (Å²) in [5.41, 5.74) is 7.51. The molecule has 25 heavy (non-hydrogen) atoms. The molecule has 0 radical (unpaired) electrons. The first-order valence-corrected chi connectivity index (χ1v) is 7.76. The third-order valence-corrected chi connectivity index (χ3v) is 3.76. The number of nitrogens with one attached hydrogen (secondary N) is 1. The van der Waals surface area contributed by atoms with Crippen LogP contribution in [-0.4, -0.2) is 20.5 Å². The minimum atomic E-state index is -0.286. The van der Waals surface area contributed by atoms with E-state index in [2.05, 4.69) is 15.4 Å². The molecule has 3 aromatic heterocycles. The molecule has 0 aliphatic carbocycles. The summed E-state index contributed by atoms with van der Waals surface area (Å²) in [5.74, 6) is 0.751. The first kappa shape index (κ1) is 15.2. The van der Waals surface area contributed by atoms with E-state index in [1.54, 1.807) is 36.4 Å². The Hall–Kier alpha value is -3.32. The summed E-state index contributed by atoms with van der Waals surface area (Å²) in [5, 5.41) is 7.32. The van der Waals surface area contributed by atoms with E-state index in [1.807, 2.05) is 18.2 Å². The molecule has 3 heterocycles. The Balaban J connectivity index is 1.70. The number of furan rings is 1. The van der Waals surface area contributed by atoms with Gasteiger partial charge in [0.05, 0.1) is 0 Å². The first-order chi connectivity index (χ1) is 12.1. The van der Waals surface area contributed by atoms with Crippen molar-refractivity contribution in [2.45, 2.75) is 0 Å². The zero-order chi connectivity index (χ0) is 17.4. The van der Waals surface area contributed by atoms with Crippen LogP contribution < -0.4 is 11.1 Å². The molecule has 0 aliphatic heterocycles. The fourth-order valence-corrected chi connectivity index (χ4v) is 2.55. The number of nitrogens with two attached hydrogens (primary N) is 1. The van der Waals surface area contributed by atoms with E-state index in [0.29, 0.717) is 28.5 Å². The molecule has 4 aromatic rings. The van der Waals surface area contributed by atoms with Crippen LogP contribution in [0.2, 0.25) is 5.22 Å². The summed E-state index contributed by atoms with van der Waals surface area (Å²) >= 11 is 5.78. The summed E-state index contributed by atoms with van der Waals surface area (Å²) in [6, 6.07) is 15.6. The van der Waals surface area contributed by atoms with Gasteiger partial charge in [0.25, 0.3) is 5.91 Å². The third kappa shape index (κ3) is 2.92. The zero-order valence-corrected chi connectivity index (χ0v) is 13.6. The van der Waals surface area contributed by atoms with Crippen molar-refractivity contribution in [3.63, 3.8) is 0 Å². The molecule has 0 spiro atoms. The lowest BCUT2D eigenvalue weighted by molar-refractivity contribution is 0.102. The topological polar surface area (TPSA) is 98.5 Å². The van der Waals surface area contributed by atoms with Gasteiger partial charge in [-0.15, -0.1) is 5.10 Å². The van der Waals surface area contributed by atoms with Crippen LogP contribution in [0.1, 0.15) is 10.4 Å². The number of carbonyl (C=O) groups excluding carboxylic acids is 1. The van der Waals surface area contributed by atoms with E-state index < -0.39 is 0 Å². The van der Waals surface area contributed by atoms with E-state index >= 15 is 0 Å². The number of fused-ring (bicyclic) bond motifs is 1. The molecule has 0 saturated heterocycles. The maximum absolute atomic E-state index is 12.4. The number of carbonyl (C=O) groups is 1. The summed E-state index contributed by atoms with van der Waals surface area (Å²) in [7, 11) is 0. The number of amides is 1. The van der Waals surface area contributed by atoms with Crippen LogP contribution in [0, 0.1) is 0 Å². The van der Waals surface area contributed by atoms with Crippen LogP contribution in [0.5, 0.6) is 0 Å². The standard InChI is InChI=1S/C17H12ClN5O2/c18-13-7-6-12(25-13)16-21-15-9-10(8-14(19)23(15)22-16)17(24)20-11-4-2-1-3-5-11/h1-9H,19H2,(H,20,24). The lowest BCUT2D eigenvalue weighted by atomic mass is 10.2. The maximum Gasteiger partial charge on any atom is 0.255 e. The smallest absolute Gasteiger partial charge is 0.255 e. The number of hydrogen-bond acceptors (Lipinski definition) is 5. The number of pyridine rings is 1. The second-order valence-electron chi connectivity index (χ2n) is 5.30. The van der Waals surface area contributed by atoms with Gasteiger partial charge >= 0.3 is 0 Å². The molecule has 0 aliphatic rings. The number of para-hydroxylation sites is 1. The largest absolute Gasteiger partial charge is 0.441 e. The van der Waals surface area contributed by atoms with Gasteiger partial charge in [-0.05, 0) is 48.0 Å². The quantitative estimate of drug-likeness (QED) is 0.587. The summed E-state index contributed by atoms with van der Waals surface area (Å²) in [6.45, 7) is 0. The average molecular weight is 354 g/mol. The molecule has 0 fully saturated rings. The number of nitrogen functional groups attached to an aromatic ring is 1. The third-order valence-electron chi connectivity index (χ3n) is 3.55. The molecule has 7 nitrogen and oxygen atoms in total. The van der Waals surface area contributed by atoms with Crippen molar-refractivity contribution in [2.24, 2.45) is 0 Å². The van der Waals surface area contributed by atoms with Crippen LogP contribution in [0.25, 0.3) is 17.2 Å². The molecule has 8 heteroatoms. The van der Waals surface area contributed by atoms with E-state index in [1.165, 1.54) is 4.52 Å². The molecule has 3 N–H and O–H groups in total. The predicted molar refractivity (Wildman–Crippen MR) is 94.5 cm³/mol. The SMILES string of the molecule is Nc1cc(C(=O)Nc2ccccc2)cc2nc(-c3ccc(Cl)o3)nn12. The average Bonchev–Trinajstić information content (AvgIpc) is 3.22. The van der Waals surface area contributed by atoms with Crippen LogP contribution in [0.15, 0.2) is 59.0 Å². The molecule has 0 saturated carbocycles. The van der Waals surface area contributed by atoms with Gasteiger partial charge in [-0.25, -0.2) is 4.98 Å². The molecule has 124 valence electrons. The Kier molecular flexibility index (Phi) is 3.62. The van der Waals surface area contributed by atoms with Crippen molar-refractivity contribution in [1.82, 2.24) is 14.6 Å². The van der Waals surface area contributed by atoms with Gasteiger partial charge in [0, 0.05) is 11.3 Å². The number of anilines is 2. The Bertz CT molecular complexity index is 1070. The summed E-state index contributed by atoms with van der Waals surface area (Å²) in [6.07, 6.45) is 0. The van der Waals surface area contributed by atoms with E-state index in [4.69, 9.17) is 21.8 Å². The van der Waals surface area contributed by atoms with E-state index in [9.17, 15) is 4.79 Å². The molecule has 1 aromatic carbocycles. The highest BCUT2D eigenvalue weighted by atomic mass is 35.5. The number of hydrogen-bond donors (Lipinski definition) is 2. The molecule has 1 amide bonds. The Labute approximate surface area is 147 Å². The van der Waals surface area contributed by atoms with Crippen molar-refractivity contribution in [3.05, 3.63) is 65.4 Å². The lowest BCUT2D eigenvalue weighted by Crippen LogP contribution is -2.13. The monoisotopic (exact) mass is 353 g/mol. The molecule has 0 unspecified atom stereocenters. The second-order valence-corrected chi connectivity index (χ2v) is 5.67. The minimum Gasteiger partial charge on any atom is -0.441 e. The van der Waals surface area contributed by atoms with Gasteiger partial charge in [-0.2, -0.15) is 4.52 Å². The van der Waals surface area contributed by atoms with Crippen LogP contribution in [0.4, 0.5) is 11.5 Å². The van der Waals surface area contributed by atoms with Gasteiger partial charge in [0.15, 0.2) is 16.6 Å². The first-order valence-electron chi connectivity index (χ1n) is 7.38. The molecular formula is C17H12ClN5O2. The van der Waals surface area contributed by atoms with Gasteiger partial charge in [-0.1, -0.05) is 18.2 Å². The van der Waals surface area contributed by atoms with Gasteiger partial charge < -0.3 is 15.5 Å². The molecule has 4 rings (SSSR count). The van der Waals surface area contributed by atoms with Gasteiger partial charge in [-0.3, -0.25) is 4.79 Å². The Morgan fingerprint density at radius 1 is 1.16 bits per heavy atom. The van der Waals surface area contributed by atoms with Crippen molar-refractivity contribution in [3.8, 4) is 11.6 Å². The summed E-state index contributed by atoms with van der Waals surface area (Å²) in [4.78, 5) is 16.8. The van der Waals surface area contributed by atoms with Gasteiger partial charge in [0.2, 0.25) is 5.82 Å². The van der Waals surface area contributed by atoms with Crippen LogP contribution >= 0.6 is 11.6 Å². The van der Waals surface area contributed by atoms with Crippen molar-refractivity contribution in [2.75, 3.05) is 11.1 Å². The zero-order valence-electron chi connectivity index (χ0n) is 12.8. The Morgan fingerprint density at radius 2 is 1.96 bits per heavy atom. The second kappa shape index (κ2) is 5.95. The van der Waals surface area contributed by atoms with Gasteiger partial charge in [0.1, 0.15) is 5.82 Å². The highest BCUT2D eigenvalue weighted by Gasteiger charge is 2.15. The fraction of sp³-hybridized carbons (Fsp3) is 0. The summed E-state index contributed by atoms with van der Waals surface area (Å²) < 4.78 is 6.74.